The van der Waals surface area contributed by atoms with Gasteiger partial charge in [0.2, 0.25) is 0 Å². The van der Waals surface area contributed by atoms with Crippen molar-refractivity contribution in [2.24, 2.45) is 18.5 Å². The largest absolute Gasteiger partial charge is 0.344 e. The van der Waals surface area contributed by atoms with Gasteiger partial charge in [0, 0.05) is 69.2 Å². The minimum atomic E-state index is 0.250. The summed E-state index contributed by atoms with van der Waals surface area (Å²) in [4.78, 5) is 0. The molecule has 0 radical (unpaired) electrons. The first-order valence-electron chi connectivity index (χ1n) is 26.2. The van der Waals surface area contributed by atoms with E-state index >= 15 is 0 Å². The minimum absolute atomic E-state index is 0.250. The van der Waals surface area contributed by atoms with Crippen molar-refractivity contribution < 1.29 is 0 Å². The number of aryl methyl sites for hydroxylation is 2. The summed E-state index contributed by atoms with van der Waals surface area (Å²) in [5.41, 5.74) is 27.6. The summed E-state index contributed by atoms with van der Waals surface area (Å²) in [5.74, 6) is 0.522. The number of allylic oxidation sites excluding steroid dienone is 10. The summed E-state index contributed by atoms with van der Waals surface area (Å²) >= 11 is 0. The molecule has 0 spiro atoms. The second kappa shape index (κ2) is 24.4. The molecule has 4 N–H and O–H groups in total. The molecule has 0 aliphatic heterocycles. The van der Waals surface area contributed by atoms with Gasteiger partial charge in [-0.05, 0) is 151 Å². The standard InChI is InChI=1S/C31H24N2.C27H21N.C5H8.2C2H6.CH6N2/c1-32-28-13-7-5-11-24(28)26-19-21(15-17-29(26)32)22-16-18-31-27(20-22)25-12-6-8-14-30(25)33(31)23-9-3-2-4-10-23;1-3-7-19(8-4-1)21-13-15-26-24(17-21)25-18-22(20-11-12-20)14-16-27(25)28(26)23-9-5-2-6-10-23;1-3-5-4-2;2*1-2;2-1-3/h2-4,6-10,12-20H,5,11H2,1H3;1-3,5-7,9-18,20H,4,8H2;3-5H,1H2,2H3;2*1-2H3;1-3H2/b;;5-4-;;;. The fraction of sp³-hybridized carbons (Fsp3) is 0.176. The lowest BCUT2D eigenvalue weighted by molar-refractivity contribution is 0.908. The third-order valence-corrected chi connectivity index (χ3v) is 13.5. The Bertz CT molecular complexity index is 3640. The molecule has 0 saturated carbocycles. The van der Waals surface area contributed by atoms with Gasteiger partial charge in [0.15, 0.2) is 0 Å². The lowest BCUT2D eigenvalue weighted by Gasteiger charge is -2.10. The number of hydrogen-bond donors (Lipinski definition) is 2. The lowest BCUT2D eigenvalue weighted by atomic mass is 9.96. The molecule has 5 heteroatoms. The highest BCUT2D eigenvalue weighted by Gasteiger charge is 2.20. The molecule has 3 aliphatic carbocycles. The van der Waals surface area contributed by atoms with Crippen LogP contribution in [0, 0.1) is 0 Å². The molecule has 0 saturated heterocycles. The van der Waals surface area contributed by atoms with Crippen molar-refractivity contribution in [3.05, 3.63) is 241 Å². The van der Waals surface area contributed by atoms with Crippen molar-refractivity contribution in [1.82, 2.24) is 13.7 Å². The molecule has 5 nitrogen and oxygen atoms in total. The number of aromatic nitrogens is 3. The highest BCUT2D eigenvalue weighted by molar-refractivity contribution is 6.12. The normalized spacial score (nSPS) is 13.2. The zero-order chi connectivity index (χ0) is 51.3. The Morgan fingerprint density at radius 1 is 0.548 bits per heavy atom. The van der Waals surface area contributed by atoms with Gasteiger partial charge in [0.1, 0.15) is 0 Å². The van der Waals surface area contributed by atoms with Crippen LogP contribution in [0.3, 0.4) is 0 Å². The topological polar surface area (TPSA) is 66.8 Å². The smallest absolute Gasteiger partial charge is 0.0541 e. The maximum atomic E-state index is 4.62. The van der Waals surface area contributed by atoms with Gasteiger partial charge in [-0.2, -0.15) is 0 Å². The summed E-state index contributed by atoms with van der Waals surface area (Å²) in [6, 6.07) is 57.9. The Balaban J connectivity index is 0.000000162. The van der Waals surface area contributed by atoms with Crippen LogP contribution < -0.4 is 11.5 Å². The van der Waals surface area contributed by atoms with E-state index in [9.17, 15) is 0 Å². The van der Waals surface area contributed by atoms with Crippen LogP contribution in [0.4, 0.5) is 0 Å². The zero-order valence-electron chi connectivity index (χ0n) is 43.6. The van der Waals surface area contributed by atoms with E-state index < -0.39 is 0 Å². The number of rotatable bonds is 6. The van der Waals surface area contributed by atoms with E-state index in [0.29, 0.717) is 5.92 Å². The first kappa shape index (κ1) is 51.4. The molecule has 10 aromatic rings. The highest BCUT2D eigenvalue weighted by atomic mass is 15.0. The number of hydrogen-bond acceptors (Lipinski definition) is 2. The first-order chi connectivity index (χ1) is 36.0. The number of nitrogens with zero attached hydrogens (tertiary/aromatic N) is 3. The van der Waals surface area contributed by atoms with Crippen molar-refractivity contribution in [2.45, 2.75) is 66.2 Å². The van der Waals surface area contributed by atoms with Crippen LogP contribution in [0.25, 0.3) is 88.7 Å². The van der Waals surface area contributed by atoms with E-state index in [2.05, 4.69) is 239 Å². The molecule has 368 valence electrons. The summed E-state index contributed by atoms with van der Waals surface area (Å²) in [6.45, 7) is 13.7. The van der Waals surface area contributed by atoms with E-state index in [1.54, 1.807) is 6.08 Å². The van der Waals surface area contributed by atoms with Crippen molar-refractivity contribution in [2.75, 3.05) is 6.67 Å². The summed E-state index contributed by atoms with van der Waals surface area (Å²) < 4.78 is 7.10. The monoisotopic (exact) mass is 958 g/mol. The molecule has 3 aromatic heterocycles. The summed E-state index contributed by atoms with van der Waals surface area (Å²) in [7, 11) is 2.18. The van der Waals surface area contributed by atoms with Crippen LogP contribution in [0.2, 0.25) is 0 Å². The highest BCUT2D eigenvalue weighted by Crippen LogP contribution is 2.40. The van der Waals surface area contributed by atoms with E-state index in [-0.39, 0.29) is 6.67 Å². The quantitative estimate of drug-likeness (QED) is 0.0991. The molecule has 73 heavy (non-hydrogen) atoms. The fourth-order valence-corrected chi connectivity index (χ4v) is 10.2. The Kier molecular flexibility index (Phi) is 17.2. The van der Waals surface area contributed by atoms with Crippen LogP contribution in [0.5, 0.6) is 0 Å². The molecular weight excluding hydrogens is 887 g/mol. The van der Waals surface area contributed by atoms with Gasteiger partial charge in [-0.15, -0.1) is 0 Å². The van der Waals surface area contributed by atoms with Crippen LogP contribution in [0.1, 0.15) is 82.2 Å². The molecule has 3 aliphatic rings. The Morgan fingerprint density at radius 3 is 1.63 bits per heavy atom. The predicted molar refractivity (Wildman–Crippen MR) is 320 cm³/mol. The van der Waals surface area contributed by atoms with Gasteiger partial charge in [-0.25, -0.2) is 0 Å². The van der Waals surface area contributed by atoms with Gasteiger partial charge < -0.3 is 25.2 Å². The van der Waals surface area contributed by atoms with Crippen molar-refractivity contribution >= 4 is 66.2 Å². The maximum Gasteiger partial charge on any atom is 0.0541 e. The van der Waals surface area contributed by atoms with E-state index in [1.165, 1.54) is 105 Å². The van der Waals surface area contributed by atoms with Crippen LogP contribution >= 0.6 is 0 Å². The third kappa shape index (κ3) is 10.8. The Morgan fingerprint density at radius 2 is 1.05 bits per heavy atom. The molecule has 0 atom stereocenters. The van der Waals surface area contributed by atoms with Gasteiger partial charge in [-0.1, -0.05) is 168 Å². The van der Waals surface area contributed by atoms with E-state index in [0.717, 1.165) is 25.7 Å². The molecule has 0 fully saturated rings. The minimum Gasteiger partial charge on any atom is -0.344 e. The van der Waals surface area contributed by atoms with Crippen molar-refractivity contribution in [1.29, 1.82) is 0 Å². The van der Waals surface area contributed by atoms with E-state index in [4.69, 9.17) is 0 Å². The Hall–Kier alpha value is -7.96. The molecule has 3 heterocycles. The predicted octanol–water partition coefficient (Wildman–Crippen LogP) is 17.7. The summed E-state index contributed by atoms with van der Waals surface area (Å²) in [5, 5.41) is 6.67. The van der Waals surface area contributed by atoms with E-state index in [1.807, 2.05) is 46.8 Å². The molecule has 7 aromatic carbocycles. The maximum absolute atomic E-state index is 4.62. The molecule has 0 amide bonds. The molecule has 0 unspecified atom stereocenters. The molecule has 13 rings (SSSR count). The number of benzene rings is 7. The molecular formula is C68H71N5. The molecule has 0 bridgehead atoms. The van der Waals surface area contributed by atoms with Crippen LogP contribution in [0.15, 0.2) is 219 Å². The van der Waals surface area contributed by atoms with Crippen LogP contribution in [-0.4, -0.2) is 20.4 Å². The third-order valence-electron chi connectivity index (χ3n) is 13.5. The van der Waals surface area contributed by atoms with Gasteiger partial charge in [0.05, 0.1) is 22.1 Å². The number of fused-ring (bicyclic) bond motifs is 9. The summed E-state index contributed by atoms with van der Waals surface area (Å²) in [6.07, 6.45) is 25.9. The average molecular weight is 958 g/mol. The second-order valence-corrected chi connectivity index (χ2v) is 17.8. The van der Waals surface area contributed by atoms with Crippen molar-refractivity contribution in [3.63, 3.8) is 0 Å². The van der Waals surface area contributed by atoms with Crippen LogP contribution in [-0.2, 0) is 13.5 Å². The number of para-hydroxylation sites is 3. The Labute approximate surface area is 433 Å². The van der Waals surface area contributed by atoms with Gasteiger partial charge in [0.25, 0.3) is 0 Å². The van der Waals surface area contributed by atoms with Crippen molar-refractivity contribution in [3.8, 4) is 22.5 Å². The second-order valence-electron chi connectivity index (χ2n) is 17.8. The average Bonchev–Trinajstić information content (AvgIpc) is 4.13. The lowest BCUT2D eigenvalue weighted by Crippen LogP contribution is -2.08. The zero-order valence-corrected chi connectivity index (χ0v) is 43.6. The van der Waals surface area contributed by atoms with Gasteiger partial charge in [-0.3, -0.25) is 0 Å². The SMILES string of the molecule is C1=CCCC(c2ccc3c(c2)c2cc(C4C=C4)ccc2n3-c2ccccc2)=C1.C=C/C=C\C.CC.CC.Cn1c2c(c3cc(-c4ccc5c(c4)c4ccccc4n5-c4ccccc4)ccc31)CCC=C2.NCN. The fourth-order valence-electron chi connectivity index (χ4n) is 10.2. The number of nitrogens with two attached hydrogens (primary N) is 2. The first-order valence-corrected chi connectivity index (χ1v) is 26.2. The van der Waals surface area contributed by atoms with Gasteiger partial charge >= 0.3 is 0 Å².